The SMILES string of the molecule is C[C@H](N)c1cccc([N+](=O)[O-])c1F. The van der Waals surface area contributed by atoms with Gasteiger partial charge in [-0.3, -0.25) is 10.1 Å². The van der Waals surface area contributed by atoms with Crippen molar-refractivity contribution >= 4 is 5.69 Å². The zero-order chi connectivity index (χ0) is 10.0. The molecule has 1 rings (SSSR count). The van der Waals surface area contributed by atoms with Crippen LogP contribution >= 0.6 is 0 Å². The van der Waals surface area contributed by atoms with Crippen molar-refractivity contribution in [1.29, 1.82) is 0 Å². The Morgan fingerprint density at radius 1 is 1.62 bits per heavy atom. The highest BCUT2D eigenvalue weighted by molar-refractivity contribution is 5.37. The average Bonchev–Trinajstić information content (AvgIpc) is 2.03. The number of nitrogens with two attached hydrogens (primary N) is 1. The summed E-state index contributed by atoms with van der Waals surface area (Å²) in [7, 11) is 0. The predicted molar refractivity (Wildman–Crippen MR) is 45.7 cm³/mol. The average molecular weight is 184 g/mol. The first-order valence-electron chi connectivity index (χ1n) is 3.72. The molecule has 0 bridgehead atoms. The van der Waals surface area contributed by atoms with Gasteiger partial charge in [0, 0.05) is 17.7 Å². The first-order valence-corrected chi connectivity index (χ1v) is 3.72. The van der Waals surface area contributed by atoms with E-state index in [4.69, 9.17) is 5.73 Å². The van der Waals surface area contributed by atoms with E-state index in [0.717, 1.165) is 6.07 Å². The highest BCUT2D eigenvalue weighted by Gasteiger charge is 2.18. The highest BCUT2D eigenvalue weighted by atomic mass is 19.1. The number of hydrogen-bond acceptors (Lipinski definition) is 3. The van der Waals surface area contributed by atoms with Crippen molar-refractivity contribution in [2.45, 2.75) is 13.0 Å². The predicted octanol–water partition coefficient (Wildman–Crippen LogP) is 1.75. The summed E-state index contributed by atoms with van der Waals surface area (Å²) >= 11 is 0. The summed E-state index contributed by atoms with van der Waals surface area (Å²) < 4.78 is 13.3. The summed E-state index contributed by atoms with van der Waals surface area (Å²) in [6, 6.07) is 3.42. The van der Waals surface area contributed by atoms with Gasteiger partial charge in [0.25, 0.3) is 0 Å². The van der Waals surface area contributed by atoms with Gasteiger partial charge in [0.15, 0.2) is 0 Å². The van der Waals surface area contributed by atoms with E-state index in [0.29, 0.717) is 0 Å². The molecule has 4 nitrogen and oxygen atoms in total. The number of nitrogens with zero attached hydrogens (tertiary/aromatic N) is 1. The van der Waals surface area contributed by atoms with Crippen molar-refractivity contribution in [2.75, 3.05) is 0 Å². The number of benzene rings is 1. The monoisotopic (exact) mass is 184 g/mol. The lowest BCUT2D eigenvalue weighted by molar-refractivity contribution is -0.387. The summed E-state index contributed by atoms with van der Waals surface area (Å²) in [6.45, 7) is 1.57. The van der Waals surface area contributed by atoms with Crippen LogP contribution in [-0.2, 0) is 0 Å². The first kappa shape index (κ1) is 9.60. The molecule has 0 aliphatic carbocycles. The van der Waals surface area contributed by atoms with E-state index in [9.17, 15) is 14.5 Å². The Bertz CT molecular complexity index is 339. The quantitative estimate of drug-likeness (QED) is 0.562. The zero-order valence-electron chi connectivity index (χ0n) is 7.03. The Balaban J connectivity index is 3.26. The Morgan fingerprint density at radius 3 is 2.69 bits per heavy atom. The van der Waals surface area contributed by atoms with Crippen LogP contribution in [0.1, 0.15) is 18.5 Å². The standard InChI is InChI=1S/C8H9FN2O2/c1-5(10)6-3-2-4-7(8(6)9)11(12)13/h2-5H,10H2,1H3/t5-/m0/s1. The van der Waals surface area contributed by atoms with Gasteiger partial charge in [-0.25, -0.2) is 0 Å². The number of nitro benzene ring substituents is 1. The van der Waals surface area contributed by atoms with E-state index in [1.807, 2.05) is 0 Å². The highest BCUT2D eigenvalue weighted by Crippen LogP contribution is 2.23. The fourth-order valence-corrected chi connectivity index (χ4v) is 1.03. The Hall–Kier alpha value is -1.49. The molecule has 1 aromatic rings. The van der Waals surface area contributed by atoms with Gasteiger partial charge in [0.1, 0.15) is 0 Å². The van der Waals surface area contributed by atoms with Crippen molar-refractivity contribution in [2.24, 2.45) is 5.73 Å². The van der Waals surface area contributed by atoms with Crippen LogP contribution in [0.3, 0.4) is 0 Å². The normalized spacial score (nSPS) is 12.5. The van der Waals surface area contributed by atoms with Crippen molar-refractivity contribution in [1.82, 2.24) is 0 Å². The van der Waals surface area contributed by atoms with E-state index >= 15 is 0 Å². The molecule has 0 spiro atoms. The molecule has 2 N–H and O–H groups in total. The molecule has 5 heteroatoms. The minimum absolute atomic E-state index is 0.161. The molecule has 0 radical (unpaired) electrons. The molecule has 0 fully saturated rings. The molecule has 0 unspecified atom stereocenters. The zero-order valence-corrected chi connectivity index (χ0v) is 7.03. The lowest BCUT2D eigenvalue weighted by Crippen LogP contribution is -2.08. The van der Waals surface area contributed by atoms with E-state index in [-0.39, 0.29) is 5.56 Å². The van der Waals surface area contributed by atoms with Crippen LogP contribution in [-0.4, -0.2) is 4.92 Å². The number of nitro groups is 1. The van der Waals surface area contributed by atoms with Crippen LogP contribution in [0.2, 0.25) is 0 Å². The maximum atomic E-state index is 13.3. The minimum Gasteiger partial charge on any atom is -0.324 e. The Morgan fingerprint density at radius 2 is 2.23 bits per heavy atom. The van der Waals surface area contributed by atoms with Crippen molar-refractivity contribution < 1.29 is 9.31 Å². The van der Waals surface area contributed by atoms with Gasteiger partial charge in [-0.1, -0.05) is 12.1 Å². The summed E-state index contributed by atoms with van der Waals surface area (Å²) in [4.78, 5) is 9.56. The lowest BCUT2D eigenvalue weighted by Gasteiger charge is -2.05. The molecule has 1 atom stereocenters. The van der Waals surface area contributed by atoms with Gasteiger partial charge in [-0.2, -0.15) is 4.39 Å². The molecule has 0 aliphatic rings. The smallest absolute Gasteiger partial charge is 0.305 e. The topological polar surface area (TPSA) is 69.2 Å². The molecule has 0 amide bonds. The van der Waals surface area contributed by atoms with E-state index in [1.165, 1.54) is 12.1 Å². The molecule has 0 saturated carbocycles. The maximum absolute atomic E-state index is 13.3. The summed E-state index contributed by atoms with van der Waals surface area (Å²) in [5.74, 6) is -0.845. The van der Waals surface area contributed by atoms with Crippen molar-refractivity contribution in [3.8, 4) is 0 Å². The lowest BCUT2D eigenvalue weighted by atomic mass is 10.1. The molecular weight excluding hydrogens is 175 g/mol. The minimum atomic E-state index is -0.845. The third-order valence-corrected chi connectivity index (χ3v) is 1.70. The van der Waals surface area contributed by atoms with Gasteiger partial charge in [0.2, 0.25) is 5.82 Å². The van der Waals surface area contributed by atoms with Crippen LogP contribution in [0, 0.1) is 15.9 Å². The van der Waals surface area contributed by atoms with E-state index < -0.39 is 22.5 Å². The fourth-order valence-electron chi connectivity index (χ4n) is 1.03. The Labute approximate surface area is 74.3 Å². The molecule has 0 heterocycles. The second-order valence-corrected chi connectivity index (χ2v) is 2.73. The third kappa shape index (κ3) is 1.81. The van der Waals surface area contributed by atoms with Gasteiger partial charge < -0.3 is 5.73 Å². The molecule has 0 aliphatic heterocycles. The molecular formula is C8H9FN2O2. The summed E-state index contributed by atoms with van der Waals surface area (Å²) in [6.07, 6.45) is 0. The molecule has 13 heavy (non-hydrogen) atoms. The molecule has 1 aromatic carbocycles. The molecule has 70 valence electrons. The maximum Gasteiger partial charge on any atom is 0.305 e. The van der Waals surface area contributed by atoms with Crippen LogP contribution in [0.4, 0.5) is 10.1 Å². The second-order valence-electron chi connectivity index (χ2n) is 2.73. The van der Waals surface area contributed by atoms with E-state index in [1.54, 1.807) is 6.92 Å². The van der Waals surface area contributed by atoms with Crippen LogP contribution < -0.4 is 5.73 Å². The molecule has 0 aromatic heterocycles. The van der Waals surface area contributed by atoms with Gasteiger partial charge in [0.05, 0.1) is 4.92 Å². The number of halogens is 1. The second kappa shape index (κ2) is 3.49. The third-order valence-electron chi connectivity index (χ3n) is 1.70. The first-order chi connectivity index (χ1) is 6.04. The largest absolute Gasteiger partial charge is 0.324 e. The number of hydrogen-bond donors (Lipinski definition) is 1. The Kier molecular flexibility index (Phi) is 2.57. The molecule has 0 saturated heterocycles. The summed E-state index contributed by atoms with van der Waals surface area (Å²) in [5, 5.41) is 10.3. The summed E-state index contributed by atoms with van der Waals surface area (Å²) in [5.41, 5.74) is 5.05. The van der Waals surface area contributed by atoms with Gasteiger partial charge in [-0.15, -0.1) is 0 Å². The van der Waals surface area contributed by atoms with Crippen LogP contribution in [0.15, 0.2) is 18.2 Å². The number of rotatable bonds is 2. The van der Waals surface area contributed by atoms with Crippen molar-refractivity contribution in [3.63, 3.8) is 0 Å². The van der Waals surface area contributed by atoms with E-state index in [2.05, 4.69) is 0 Å². The van der Waals surface area contributed by atoms with Crippen LogP contribution in [0.25, 0.3) is 0 Å². The van der Waals surface area contributed by atoms with Crippen LogP contribution in [0.5, 0.6) is 0 Å². The fraction of sp³-hybridized carbons (Fsp3) is 0.250. The van der Waals surface area contributed by atoms with Gasteiger partial charge in [-0.05, 0) is 6.92 Å². The van der Waals surface area contributed by atoms with Crippen molar-refractivity contribution in [3.05, 3.63) is 39.7 Å². The van der Waals surface area contributed by atoms with Gasteiger partial charge >= 0.3 is 5.69 Å².